The van der Waals surface area contributed by atoms with Crippen LogP contribution in [0.4, 0.5) is 0 Å². The van der Waals surface area contributed by atoms with Gasteiger partial charge in [-0.2, -0.15) is 0 Å². The van der Waals surface area contributed by atoms with Crippen LogP contribution in [0.2, 0.25) is 0 Å². The van der Waals surface area contributed by atoms with Gasteiger partial charge in [-0.25, -0.2) is 0 Å². The lowest BCUT2D eigenvalue weighted by molar-refractivity contribution is -0.123. The van der Waals surface area contributed by atoms with Crippen molar-refractivity contribution in [2.45, 2.75) is 44.9 Å². The van der Waals surface area contributed by atoms with Crippen LogP contribution in [0.25, 0.3) is 0 Å². The summed E-state index contributed by atoms with van der Waals surface area (Å²) in [4.78, 5) is 17.9. The van der Waals surface area contributed by atoms with Crippen molar-refractivity contribution in [3.05, 3.63) is 0 Å². The van der Waals surface area contributed by atoms with E-state index in [1.807, 2.05) is 0 Å². The van der Waals surface area contributed by atoms with Crippen LogP contribution in [-0.2, 0) is 4.79 Å². The van der Waals surface area contributed by atoms with E-state index in [-0.39, 0.29) is 11.8 Å². The van der Waals surface area contributed by atoms with Crippen LogP contribution in [0.1, 0.15) is 44.9 Å². The van der Waals surface area contributed by atoms with E-state index in [1.54, 1.807) is 0 Å². The van der Waals surface area contributed by atoms with Crippen molar-refractivity contribution in [1.82, 2.24) is 10.2 Å². The lowest BCUT2D eigenvalue weighted by Gasteiger charge is -2.30. The molecule has 1 amide bonds. The molecule has 0 bridgehead atoms. The first kappa shape index (κ1) is 17.1. The summed E-state index contributed by atoms with van der Waals surface area (Å²) in [6, 6.07) is 0. The zero-order valence-corrected chi connectivity index (χ0v) is 13.6. The van der Waals surface area contributed by atoms with E-state index in [1.165, 1.54) is 19.3 Å². The predicted octanol–water partition coefficient (Wildman–Crippen LogP) is 0.668. The molecule has 2 rings (SSSR count). The number of piperidine rings is 1. The molecule has 0 unspecified atom stereocenters. The number of carbonyl (C=O) groups excluding carboxylic acids is 1. The van der Waals surface area contributed by atoms with Gasteiger partial charge < -0.3 is 21.7 Å². The van der Waals surface area contributed by atoms with E-state index in [9.17, 15) is 4.79 Å². The number of nitrogens with two attached hydrogens (primary N) is 2. The molecule has 0 radical (unpaired) electrons. The predicted molar refractivity (Wildman–Crippen MR) is 89.4 cm³/mol. The second-order valence-corrected chi connectivity index (χ2v) is 6.68. The van der Waals surface area contributed by atoms with Crippen LogP contribution in [0, 0.1) is 11.8 Å². The summed E-state index contributed by atoms with van der Waals surface area (Å²) in [6.45, 7) is 4.84. The molecule has 2 aliphatic rings. The van der Waals surface area contributed by atoms with Gasteiger partial charge in [0.1, 0.15) is 0 Å². The number of nitrogens with zero attached hydrogens (tertiary/aromatic N) is 2. The number of amides is 1. The fraction of sp³-hybridized carbons (Fsp3) is 0.875. The summed E-state index contributed by atoms with van der Waals surface area (Å²) in [7, 11) is 0. The highest BCUT2D eigenvalue weighted by Crippen LogP contribution is 2.26. The van der Waals surface area contributed by atoms with Crippen molar-refractivity contribution in [3.8, 4) is 0 Å². The minimum absolute atomic E-state index is 0.0876. The Labute approximate surface area is 133 Å². The Kier molecular flexibility index (Phi) is 6.96. The number of hydrogen-bond acceptors (Lipinski definition) is 3. The van der Waals surface area contributed by atoms with Gasteiger partial charge in [-0.15, -0.1) is 0 Å². The normalized spacial score (nSPS) is 21.5. The van der Waals surface area contributed by atoms with Gasteiger partial charge >= 0.3 is 0 Å². The summed E-state index contributed by atoms with van der Waals surface area (Å²) in [5, 5.41) is 3.19. The molecule has 1 aliphatic heterocycles. The van der Waals surface area contributed by atoms with Gasteiger partial charge in [-0.1, -0.05) is 6.42 Å². The maximum absolute atomic E-state index is 11.1. The van der Waals surface area contributed by atoms with E-state index < -0.39 is 0 Å². The van der Waals surface area contributed by atoms with Gasteiger partial charge in [0, 0.05) is 19.0 Å². The number of nitrogens with one attached hydrogen (secondary N) is 1. The van der Waals surface area contributed by atoms with E-state index in [0.29, 0.717) is 5.96 Å². The summed E-state index contributed by atoms with van der Waals surface area (Å²) < 4.78 is 0. The fourth-order valence-corrected chi connectivity index (χ4v) is 3.08. The molecule has 126 valence electrons. The first-order valence-corrected chi connectivity index (χ1v) is 8.70. The standard InChI is InChI=1S/C16H31N5O/c17-15(22)14-6-10-21(11-7-14)9-2-1-8-19-16(18)20-12-13-4-3-5-13/h13-14H,1-12H2,(H2,17,22)(H3,18,19,20). The highest BCUT2D eigenvalue weighted by molar-refractivity contribution is 5.77. The number of primary amides is 1. The zero-order valence-electron chi connectivity index (χ0n) is 13.6. The molecule has 0 aromatic heterocycles. The highest BCUT2D eigenvalue weighted by atomic mass is 16.1. The van der Waals surface area contributed by atoms with Crippen LogP contribution in [0.15, 0.2) is 4.99 Å². The van der Waals surface area contributed by atoms with E-state index in [0.717, 1.165) is 64.3 Å². The Bertz CT molecular complexity index is 373. The van der Waals surface area contributed by atoms with Crippen molar-refractivity contribution < 1.29 is 4.79 Å². The van der Waals surface area contributed by atoms with Crippen molar-refractivity contribution in [1.29, 1.82) is 0 Å². The molecule has 6 nitrogen and oxygen atoms in total. The van der Waals surface area contributed by atoms with Gasteiger partial charge in [0.25, 0.3) is 0 Å². The molecule has 1 saturated carbocycles. The Morgan fingerprint density at radius 2 is 1.86 bits per heavy atom. The Balaban J connectivity index is 1.46. The second-order valence-electron chi connectivity index (χ2n) is 6.68. The van der Waals surface area contributed by atoms with Gasteiger partial charge in [-0.3, -0.25) is 9.79 Å². The number of unbranched alkanes of at least 4 members (excludes halogenated alkanes) is 1. The van der Waals surface area contributed by atoms with Gasteiger partial charge in [0.2, 0.25) is 5.91 Å². The Morgan fingerprint density at radius 1 is 1.14 bits per heavy atom. The minimum Gasteiger partial charge on any atom is -0.370 e. The van der Waals surface area contributed by atoms with Gasteiger partial charge in [-0.05, 0) is 64.1 Å². The van der Waals surface area contributed by atoms with Crippen molar-refractivity contribution >= 4 is 11.9 Å². The maximum Gasteiger partial charge on any atom is 0.220 e. The van der Waals surface area contributed by atoms with Crippen LogP contribution >= 0.6 is 0 Å². The van der Waals surface area contributed by atoms with E-state index in [2.05, 4.69) is 15.2 Å². The molecular formula is C16H31N5O. The second kappa shape index (κ2) is 8.98. The monoisotopic (exact) mass is 309 g/mol. The first-order chi connectivity index (χ1) is 10.6. The molecule has 1 heterocycles. The number of hydrogen-bond donors (Lipinski definition) is 3. The zero-order chi connectivity index (χ0) is 15.8. The number of rotatable bonds is 8. The molecule has 1 saturated heterocycles. The molecule has 0 aromatic rings. The topological polar surface area (TPSA) is 96.7 Å². The van der Waals surface area contributed by atoms with Crippen LogP contribution in [0.5, 0.6) is 0 Å². The number of likely N-dealkylation sites (tertiary alicyclic amines) is 1. The molecule has 0 atom stereocenters. The van der Waals surface area contributed by atoms with Crippen molar-refractivity contribution in [2.75, 3.05) is 32.7 Å². The quantitative estimate of drug-likeness (QED) is 0.349. The third kappa shape index (κ3) is 5.83. The molecule has 6 heteroatoms. The minimum atomic E-state index is -0.138. The average Bonchev–Trinajstić information content (AvgIpc) is 2.45. The largest absolute Gasteiger partial charge is 0.370 e. The lowest BCUT2D eigenvalue weighted by Crippen LogP contribution is -2.39. The summed E-state index contributed by atoms with van der Waals surface area (Å²) in [6.07, 6.45) is 8.03. The molecular weight excluding hydrogens is 278 g/mol. The lowest BCUT2D eigenvalue weighted by atomic mass is 9.86. The summed E-state index contributed by atoms with van der Waals surface area (Å²) >= 11 is 0. The molecule has 0 spiro atoms. The van der Waals surface area contributed by atoms with Gasteiger partial charge in [0.15, 0.2) is 5.96 Å². The molecule has 2 fully saturated rings. The SMILES string of the molecule is NC(=O)C1CCN(CCCCNC(N)=NCC2CCC2)CC1. The first-order valence-electron chi connectivity index (χ1n) is 8.70. The van der Waals surface area contributed by atoms with Crippen molar-refractivity contribution in [3.63, 3.8) is 0 Å². The molecule has 5 N–H and O–H groups in total. The van der Waals surface area contributed by atoms with Gasteiger partial charge in [0.05, 0.1) is 0 Å². The van der Waals surface area contributed by atoms with Crippen molar-refractivity contribution in [2.24, 2.45) is 28.3 Å². The third-order valence-corrected chi connectivity index (χ3v) is 4.94. The van der Waals surface area contributed by atoms with Crippen LogP contribution in [-0.4, -0.2) is 49.5 Å². The smallest absolute Gasteiger partial charge is 0.220 e. The number of aliphatic imine (C=N–C) groups is 1. The highest BCUT2D eigenvalue weighted by Gasteiger charge is 2.22. The Hall–Kier alpha value is -1.30. The summed E-state index contributed by atoms with van der Waals surface area (Å²) in [5.74, 6) is 1.31. The maximum atomic E-state index is 11.1. The van der Waals surface area contributed by atoms with Crippen LogP contribution in [0.3, 0.4) is 0 Å². The number of guanidine groups is 1. The molecule has 22 heavy (non-hydrogen) atoms. The third-order valence-electron chi connectivity index (χ3n) is 4.94. The number of carbonyl (C=O) groups is 1. The van der Waals surface area contributed by atoms with E-state index >= 15 is 0 Å². The fourth-order valence-electron chi connectivity index (χ4n) is 3.08. The molecule has 1 aliphatic carbocycles. The average molecular weight is 309 g/mol. The van der Waals surface area contributed by atoms with E-state index in [4.69, 9.17) is 11.5 Å². The van der Waals surface area contributed by atoms with Crippen LogP contribution < -0.4 is 16.8 Å². The summed E-state index contributed by atoms with van der Waals surface area (Å²) in [5.41, 5.74) is 11.2. The molecule has 0 aromatic carbocycles. The Morgan fingerprint density at radius 3 is 2.45 bits per heavy atom.